The van der Waals surface area contributed by atoms with Gasteiger partial charge in [-0.15, -0.1) is 11.1 Å². The van der Waals surface area contributed by atoms with Crippen LogP contribution in [0.2, 0.25) is 11.1 Å². The fourth-order valence-corrected chi connectivity index (χ4v) is 0. The van der Waals surface area contributed by atoms with E-state index < -0.39 is 0 Å². The zero-order valence-corrected chi connectivity index (χ0v) is 4.44. The van der Waals surface area contributed by atoms with Gasteiger partial charge in [0.15, 0.2) is 15.2 Å². The molecule has 4 heavy (non-hydrogen) atoms. The SMILES string of the molecule is C[CH2][Al][CH3]. The highest BCUT2D eigenvalue weighted by molar-refractivity contribution is 6.33. The number of hydrogen-bond donors (Lipinski definition) is 0. The van der Waals surface area contributed by atoms with Gasteiger partial charge in [0.2, 0.25) is 0 Å². The van der Waals surface area contributed by atoms with Crippen molar-refractivity contribution in [1.82, 2.24) is 0 Å². The van der Waals surface area contributed by atoms with E-state index in [1.807, 2.05) is 0 Å². The molecule has 0 aliphatic carbocycles. The molecule has 0 aliphatic heterocycles. The minimum atomic E-state index is 0.782. The van der Waals surface area contributed by atoms with Crippen molar-refractivity contribution < 1.29 is 0 Å². The molecule has 1 heteroatoms. The first-order valence-corrected chi connectivity index (χ1v) is 3.66. The van der Waals surface area contributed by atoms with Crippen molar-refractivity contribution in [2.45, 2.75) is 18.0 Å². The monoisotopic (exact) mass is 71.0 g/mol. The van der Waals surface area contributed by atoms with Crippen LogP contribution in [0.15, 0.2) is 0 Å². The smallest absolute Gasteiger partial charge is 0.115 e. The van der Waals surface area contributed by atoms with Crippen LogP contribution in [0.3, 0.4) is 0 Å². The summed E-state index contributed by atoms with van der Waals surface area (Å²) in [4.78, 5) is 0. The second kappa shape index (κ2) is 3.53. The molecule has 0 saturated heterocycles. The van der Waals surface area contributed by atoms with Crippen LogP contribution < -0.4 is 0 Å². The van der Waals surface area contributed by atoms with Crippen LogP contribution in [0.4, 0.5) is 0 Å². The van der Waals surface area contributed by atoms with Gasteiger partial charge in [0.25, 0.3) is 0 Å². The van der Waals surface area contributed by atoms with Crippen molar-refractivity contribution in [3.8, 4) is 0 Å². The van der Waals surface area contributed by atoms with Gasteiger partial charge in [-0.2, -0.15) is 0 Å². The van der Waals surface area contributed by atoms with Crippen LogP contribution in [0.5, 0.6) is 0 Å². The first-order valence-electron chi connectivity index (χ1n) is 1.69. The third-order valence-corrected chi connectivity index (χ3v) is 1.22. The molecule has 0 saturated carbocycles. The molecule has 0 aromatic heterocycles. The van der Waals surface area contributed by atoms with Crippen LogP contribution >= 0.6 is 0 Å². The van der Waals surface area contributed by atoms with Gasteiger partial charge < -0.3 is 0 Å². The van der Waals surface area contributed by atoms with E-state index in [1.165, 1.54) is 5.28 Å². The van der Waals surface area contributed by atoms with Crippen LogP contribution in [-0.4, -0.2) is 15.2 Å². The molecular formula is C3H8Al. The standard InChI is InChI=1S/C2H5.CH3.Al/c1-2;;/h1H2,2H3;1H3;. The Bertz CT molecular complexity index is 5.25. The van der Waals surface area contributed by atoms with Gasteiger partial charge in [-0.25, -0.2) is 0 Å². The Labute approximate surface area is 33.9 Å². The highest BCUT2D eigenvalue weighted by Gasteiger charge is 1.63. The zero-order valence-electron chi connectivity index (χ0n) is 3.28. The van der Waals surface area contributed by atoms with E-state index in [0.29, 0.717) is 0 Å². The molecular weight excluding hydrogens is 63.0 g/mol. The quantitative estimate of drug-likeness (QED) is 0.407. The first kappa shape index (κ1) is 4.53. The molecule has 23 valence electrons. The summed E-state index contributed by atoms with van der Waals surface area (Å²) in [5.41, 5.74) is 0. The maximum atomic E-state index is 2.26. The first-order chi connectivity index (χ1) is 1.91. The van der Waals surface area contributed by atoms with Gasteiger partial charge in [0, 0.05) is 0 Å². The van der Waals surface area contributed by atoms with E-state index in [9.17, 15) is 0 Å². The molecule has 0 atom stereocenters. The van der Waals surface area contributed by atoms with Crippen molar-refractivity contribution in [1.29, 1.82) is 0 Å². The normalized spacial score (nSPS) is 6.50. The minimum absolute atomic E-state index is 0.782. The fourth-order valence-electron chi connectivity index (χ4n) is 0. The van der Waals surface area contributed by atoms with Gasteiger partial charge in [-0.05, 0) is 0 Å². The van der Waals surface area contributed by atoms with Crippen LogP contribution in [0.25, 0.3) is 0 Å². The molecule has 0 amide bonds. The molecule has 0 heterocycles. The Kier molecular flexibility index (Phi) is 4.00. The van der Waals surface area contributed by atoms with E-state index in [1.54, 1.807) is 0 Å². The Balaban J connectivity index is 1.97. The molecule has 1 radical (unpaired) electrons. The second-order valence-electron chi connectivity index (χ2n) is 0.816. The fraction of sp³-hybridized carbons (Fsp3) is 1.00. The van der Waals surface area contributed by atoms with Crippen LogP contribution in [0, 0.1) is 0 Å². The van der Waals surface area contributed by atoms with Gasteiger partial charge in [0.05, 0.1) is 0 Å². The molecule has 0 aliphatic rings. The van der Waals surface area contributed by atoms with Crippen molar-refractivity contribution >= 4 is 15.2 Å². The number of hydrogen-bond acceptors (Lipinski definition) is 0. The summed E-state index contributed by atoms with van der Waals surface area (Å²) >= 11 is 0.782. The average molecular weight is 71.1 g/mol. The van der Waals surface area contributed by atoms with Crippen molar-refractivity contribution in [3.63, 3.8) is 0 Å². The Hall–Kier alpha value is 0.532. The molecule has 0 aromatic carbocycles. The number of rotatable bonds is 1. The summed E-state index contributed by atoms with van der Waals surface area (Å²) in [5.74, 6) is 2.26. The molecule has 0 aromatic rings. The Morgan fingerprint density at radius 3 is 2.00 bits per heavy atom. The predicted molar refractivity (Wildman–Crippen MR) is 22.1 cm³/mol. The molecule has 0 bridgehead atoms. The Morgan fingerprint density at radius 2 is 2.00 bits per heavy atom. The van der Waals surface area contributed by atoms with E-state index in [0.717, 1.165) is 15.2 Å². The van der Waals surface area contributed by atoms with Crippen molar-refractivity contribution in [3.05, 3.63) is 0 Å². The summed E-state index contributed by atoms with van der Waals surface area (Å²) in [6.45, 7) is 2.22. The molecule has 0 nitrogen and oxygen atoms in total. The Morgan fingerprint density at radius 1 is 1.75 bits per heavy atom. The third-order valence-electron chi connectivity index (χ3n) is 0.408. The second-order valence-corrected chi connectivity index (χ2v) is 2.45. The van der Waals surface area contributed by atoms with Gasteiger partial charge in [0.1, 0.15) is 0 Å². The lowest BCUT2D eigenvalue weighted by atomic mass is 11.0. The summed E-state index contributed by atoms with van der Waals surface area (Å²) < 4.78 is 0. The van der Waals surface area contributed by atoms with Crippen molar-refractivity contribution in [2.24, 2.45) is 0 Å². The highest BCUT2D eigenvalue weighted by Crippen LogP contribution is 1.64. The maximum absolute atomic E-state index is 2.26. The van der Waals surface area contributed by atoms with Crippen LogP contribution in [0.1, 0.15) is 6.92 Å². The molecule has 0 fully saturated rings. The van der Waals surface area contributed by atoms with Crippen molar-refractivity contribution in [2.75, 3.05) is 0 Å². The predicted octanol–water partition coefficient (Wildman–Crippen LogP) is 1.18. The summed E-state index contributed by atoms with van der Waals surface area (Å²) in [6, 6.07) is 0. The van der Waals surface area contributed by atoms with Gasteiger partial charge >= 0.3 is 0 Å². The molecule has 0 spiro atoms. The average Bonchev–Trinajstić information content (AvgIpc) is 1.37. The van der Waals surface area contributed by atoms with E-state index in [2.05, 4.69) is 12.7 Å². The summed E-state index contributed by atoms with van der Waals surface area (Å²) in [6.07, 6.45) is 0. The highest BCUT2D eigenvalue weighted by atomic mass is 27.1. The summed E-state index contributed by atoms with van der Waals surface area (Å²) in [5, 5.41) is 1.40. The largest absolute Gasteiger partial charge is 0.195 e. The molecule has 0 rings (SSSR count). The lowest BCUT2D eigenvalue weighted by Gasteiger charge is -1.62. The van der Waals surface area contributed by atoms with Gasteiger partial charge in [-0.3, -0.25) is 0 Å². The third kappa shape index (κ3) is 2.53. The lowest BCUT2D eigenvalue weighted by Crippen LogP contribution is -1.67. The maximum Gasteiger partial charge on any atom is 0.195 e. The van der Waals surface area contributed by atoms with Crippen LogP contribution in [-0.2, 0) is 0 Å². The topological polar surface area (TPSA) is 0 Å². The van der Waals surface area contributed by atoms with E-state index >= 15 is 0 Å². The lowest BCUT2D eigenvalue weighted by molar-refractivity contribution is 1.45. The van der Waals surface area contributed by atoms with E-state index in [4.69, 9.17) is 0 Å². The zero-order chi connectivity index (χ0) is 3.41. The van der Waals surface area contributed by atoms with E-state index in [-0.39, 0.29) is 0 Å². The van der Waals surface area contributed by atoms with Gasteiger partial charge in [-0.1, -0.05) is 6.92 Å². The minimum Gasteiger partial charge on any atom is -0.115 e. The molecule has 0 N–H and O–H groups in total. The summed E-state index contributed by atoms with van der Waals surface area (Å²) in [7, 11) is 0. The molecule has 0 unspecified atom stereocenters.